The second kappa shape index (κ2) is 7.83. The molecule has 1 saturated heterocycles. The third-order valence-electron chi connectivity index (χ3n) is 4.99. The molecule has 1 aliphatic rings. The van der Waals surface area contributed by atoms with E-state index in [4.69, 9.17) is 4.18 Å². The van der Waals surface area contributed by atoms with Gasteiger partial charge < -0.3 is 14.0 Å². The third-order valence-corrected chi connectivity index (χ3v) is 6.54. The Kier molecular flexibility index (Phi) is 5.65. The highest BCUT2D eigenvalue weighted by atomic mass is 32.2. The molecule has 1 heterocycles. The van der Waals surface area contributed by atoms with Crippen LogP contribution in [0.15, 0.2) is 41.3 Å². The second-order valence-electron chi connectivity index (χ2n) is 7.25. The van der Waals surface area contributed by atoms with Gasteiger partial charge in [-0.05, 0) is 56.2 Å². The average molecular weight is 403 g/mol. The minimum absolute atomic E-state index is 0.0929. The number of hydrogen-bond donors (Lipinski definition) is 0. The summed E-state index contributed by atoms with van der Waals surface area (Å²) in [4.78, 5) is 15.7. The molecule has 1 fully saturated rings. The number of aryl methyl sites for hydroxylation is 3. The molecule has 1 amide bonds. The Balaban J connectivity index is 1.73. The van der Waals surface area contributed by atoms with Gasteiger partial charge in [-0.3, -0.25) is 4.79 Å². The molecular formula is C21H26N2O4S. The van der Waals surface area contributed by atoms with Gasteiger partial charge in [0.1, 0.15) is 10.6 Å². The number of amides is 1. The molecule has 0 bridgehead atoms. The Bertz CT molecular complexity index is 953. The van der Waals surface area contributed by atoms with Crippen molar-refractivity contribution in [2.45, 2.75) is 32.6 Å². The monoisotopic (exact) mass is 402 g/mol. The Hall–Kier alpha value is -2.54. The average Bonchev–Trinajstić information content (AvgIpc) is 2.61. The van der Waals surface area contributed by atoms with Crippen LogP contribution in [-0.4, -0.2) is 45.4 Å². The molecule has 0 aliphatic carbocycles. The summed E-state index contributed by atoms with van der Waals surface area (Å²) < 4.78 is 30.9. The first-order valence-corrected chi connectivity index (χ1v) is 10.7. The summed E-state index contributed by atoms with van der Waals surface area (Å²) in [6.07, 6.45) is 0. The van der Waals surface area contributed by atoms with E-state index in [1.165, 1.54) is 0 Å². The molecule has 7 heteroatoms. The fourth-order valence-corrected chi connectivity index (χ4v) is 5.08. The van der Waals surface area contributed by atoms with Crippen LogP contribution in [0.3, 0.4) is 0 Å². The maximum atomic E-state index is 12.8. The highest BCUT2D eigenvalue weighted by Gasteiger charge is 2.23. The van der Waals surface area contributed by atoms with Crippen molar-refractivity contribution in [3.05, 3.63) is 53.1 Å². The lowest BCUT2D eigenvalue weighted by Gasteiger charge is -2.35. The van der Waals surface area contributed by atoms with Crippen LogP contribution in [0.25, 0.3) is 0 Å². The largest absolute Gasteiger partial charge is 0.379 e. The van der Waals surface area contributed by atoms with Crippen molar-refractivity contribution in [3.63, 3.8) is 0 Å². The first-order chi connectivity index (χ1) is 13.2. The zero-order valence-corrected chi connectivity index (χ0v) is 17.5. The molecule has 0 aromatic heterocycles. The van der Waals surface area contributed by atoms with Crippen molar-refractivity contribution in [2.24, 2.45) is 0 Å². The summed E-state index contributed by atoms with van der Waals surface area (Å²) in [5.41, 5.74) is 3.36. The summed E-state index contributed by atoms with van der Waals surface area (Å²) in [7, 11) is -3.90. The number of hydrogen-bond acceptors (Lipinski definition) is 5. The number of benzene rings is 2. The number of piperazine rings is 1. The normalized spacial score (nSPS) is 14.9. The highest BCUT2D eigenvalue weighted by Crippen LogP contribution is 2.27. The molecular weight excluding hydrogens is 376 g/mol. The number of rotatable bonds is 4. The van der Waals surface area contributed by atoms with Gasteiger partial charge >= 0.3 is 10.1 Å². The van der Waals surface area contributed by atoms with E-state index >= 15 is 0 Å². The molecule has 0 atom stereocenters. The summed E-state index contributed by atoms with van der Waals surface area (Å²) in [5.74, 6) is 0.376. The van der Waals surface area contributed by atoms with Crippen molar-refractivity contribution in [1.29, 1.82) is 0 Å². The van der Waals surface area contributed by atoms with Crippen LogP contribution in [0.5, 0.6) is 5.75 Å². The van der Waals surface area contributed by atoms with Crippen molar-refractivity contribution in [1.82, 2.24) is 4.90 Å². The molecule has 0 saturated carbocycles. The lowest BCUT2D eigenvalue weighted by atomic mass is 10.1. The van der Waals surface area contributed by atoms with Crippen molar-refractivity contribution in [2.75, 3.05) is 31.1 Å². The Morgan fingerprint density at radius 2 is 1.46 bits per heavy atom. The first-order valence-electron chi connectivity index (χ1n) is 9.30. The minimum atomic E-state index is -3.90. The second-order valence-corrected chi connectivity index (χ2v) is 8.74. The van der Waals surface area contributed by atoms with E-state index in [0.717, 1.165) is 24.3 Å². The molecule has 2 aromatic carbocycles. The standard InChI is InChI=1S/C21H26N2O4S/c1-15-13-16(2)21(17(3)14-15)28(25,26)27-20-7-5-19(6-8-20)23-11-9-22(10-12-23)18(4)24/h5-8,13-14H,9-12H2,1-4H3. The number of carbonyl (C=O) groups excluding carboxylic acids is 1. The van der Waals surface area contributed by atoms with Gasteiger partial charge in [0, 0.05) is 38.8 Å². The van der Waals surface area contributed by atoms with E-state index in [9.17, 15) is 13.2 Å². The quantitative estimate of drug-likeness (QED) is 0.736. The van der Waals surface area contributed by atoms with Crippen LogP contribution in [0.2, 0.25) is 0 Å². The molecule has 6 nitrogen and oxygen atoms in total. The van der Waals surface area contributed by atoms with Gasteiger partial charge in [-0.15, -0.1) is 0 Å². The predicted molar refractivity (Wildman–Crippen MR) is 109 cm³/mol. The van der Waals surface area contributed by atoms with E-state index in [0.29, 0.717) is 24.2 Å². The smallest absolute Gasteiger partial charge is 0.339 e. The van der Waals surface area contributed by atoms with E-state index in [1.807, 2.05) is 36.1 Å². The third kappa shape index (κ3) is 4.30. The van der Waals surface area contributed by atoms with Crippen molar-refractivity contribution < 1.29 is 17.4 Å². The highest BCUT2D eigenvalue weighted by molar-refractivity contribution is 7.87. The molecule has 28 heavy (non-hydrogen) atoms. The van der Waals surface area contributed by atoms with E-state index in [1.54, 1.807) is 32.9 Å². The number of nitrogens with zero attached hydrogens (tertiary/aromatic N) is 2. The summed E-state index contributed by atoms with van der Waals surface area (Å²) >= 11 is 0. The van der Waals surface area contributed by atoms with Gasteiger partial charge in [0.15, 0.2) is 0 Å². The van der Waals surface area contributed by atoms with Crippen molar-refractivity contribution >= 4 is 21.7 Å². The van der Waals surface area contributed by atoms with Gasteiger partial charge in [0.2, 0.25) is 5.91 Å². The maximum Gasteiger partial charge on any atom is 0.339 e. The van der Waals surface area contributed by atoms with Crippen LogP contribution in [0, 0.1) is 20.8 Å². The van der Waals surface area contributed by atoms with Crippen LogP contribution < -0.4 is 9.08 Å². The molecule has 0 spiro atoms. The summed E-state index contributed by atoms with van der Waals surface area (Å²) in [6, 6.07) is 10.7. The Labute approximate surface area is 166 Å². The van der Waals surface area contributed by atoms with E-state index in [2.05, 4.69) is 4.90 Å². The van der Waals surface area contributed by atoms with Crippen LogP contribution in [-0.2, 0) is 14.9 Å². The van der Waals surface area contributed by atoms with Gasteiger partial charge in [-0.25, -0.2) is 0 Å². The number of carbonyl (C=O) groups is 1. The molecule has 1 aliphatic heterocycles. The zero-order chi connectivity index (χ0) is 20.5. The lowest BCUT2D eigenvalue weighted by Crippen LogP contribution is -2.48. The molecule has 3 rings (SSSR count). The van der Waals surface area contributed by atoms with Crippen LogP contribution in [0.1, 0.15) is 23.6 Å². The lowest BCUT2D eigenvalue weighted by molar-refractivity contribution is -0.129. The molecule has 0 radical (unpaired) electrons. The molecule has 150 valence electrons. The SMILES string of the molecule is CC(=O)N1CCN(c2ccc(OS(=O)(=O)c3c(C)cc(C)cc3C)cc2)CC1. The summed E-state index contributed by atoms with van der Waals surface area (Å²) in [6.45, 7) is 9.95. The Morgan fingerprint density at radius 3 is 1.96 bits per heavy atom. The Morgan fingerprint density at radius 1 is 0.929 bits per heavy atom. The topological polar surface area (TPSA) is 66.9 Å². The molecule has 2 aromatic rings. The minimum Gasteiger partial charge on any atom is -0.379 e. The maximum absolute atomic E-state index is 12.8. The molecule has 0 unspecified atom stereocenters. The van der Waals surface area contributed by atoms with Gasteiger partial charge in [-0.1, -0.05) is 17.7 Å². The van der Waals surface area contributed by atoms with Crippen LogP contribution in [0.4, 0.5) is 5.69 Å². The van der Waals surface area contributed by atoms with Gasteiger partial charge in [0.25, 0.3) is 0 Å². The van der Waals surface area contributed by atoms with Gasteiger partial charge in [0.05, 0.1) is 0 Å². The summed E-state index contributed by atoms with van der Waals surface area (Å²) in [5, 5.41) is 0. The van der Waals surface area contributed by atoms with Crippen LogP contribution >= 0.6 is 0 Å². The van der Waals surface area contributed by atoms with E-state index in [-0.39, 0.29) is 16.6 Å². The predicted octanol–water partition coefficient (Wildman–Crippen LogP) is 3.05. The number of anilines is 1. The molecule has 0 N–H and O–H groups in total. The van der Waals surface area contributed by atoms with Gasteiger partial charge in [-0.2, -0.15) is 8.42 Å². The zero-order valence-electron chi connectivity index (χ0n) is 16.7. The van der Waals surface area contributed by atoms with Crippen molar-refractivity contribution in [3.8, 4) is 5.75 Å². The fourth-order valence-electron chi connectivity index (χ4n) is 3.72. The first kappa shape index (κ1) is 20.2. The fraction of sp³-hybridized carbons (Fsp3) is 0.381. The van der Waals surface area contributed by atoms with E-state index < -0.39 is 10.1 Å².